The Morgan fingerprint density at radius 3 is 2.60 bits per heavy atom. The SMILES string of the molecule is Cc1c(C(=O)O)[nH]c2c1C(=O)C[C@H](c1ccccc1)C2. The number of hydrogen-bond acceptors (Lipinski definition) is 2. The fraction of sp³-hybridized carbons (Fsp3) is 0.250. The van der Waals surface area contributed by atoms with Crippen molar-refractivity contribution in [3.05, 3.63) is 58.4 Å². The number of benzene rings is 1. The average molecular weight is 269 g/mol. The minimum Gasteiger partial charge on any atom is -0.477 e. The molecule has 1 aromatic heterocycles. The maximum Gasteiger partial charge on any atom is 0.352 e. The first-order valence-electron chi connectivity index (χ1n) is 6.60. The highest BCUT2D eigenvalue weighted by Gasteiger charge is 2.31. The highest BCUT2D eigenvalue weighted by molar-refractivity contribution is 6.03. The Bertz CT molecular complexity index is 685. The Balaban J connectivity index is 2.02. The molecule has 0 aliphatic heterocycles. The van der Waals surface area contributed by atoms with Crippen LogP contribution in [0.1, 0.15) is 50.0 Å². The van der Waals surface area contributed by atoms with E-state index in [1.807, 2.05) is 30.3 Å². The van der Waals surface area contributed by atoms with Gasteiger partial charge in [-0.2, -0.15) is 0 Å². The summed E-state index contributed by atoms with van der Waals surface area (Å²) in [5, 5.41) is 9.14. The second kappa shape index (κ2) is 4.63. The lowest BCUT2D eigenvalue weighted by Crippen LogP contribution is -2.18. The van der Waals surface area contributed by atoms with E-state index in [9.17, 15) is 9.59 Å². The molecule has 0 unspecified atom stereocenters. The van der Waals surface area contributed by atoms with E-state index >= 15 is 0 Å². The van der Waals surface area contributed by atoms with Crippen molar-refractivity contribution >= 4 is 11.8 Å². The van der Waals surface area contributed by atoms with Gasteiger partial charge in [0.1, 0.15) is 5.69 Å². The van der Waals surface area contributed by atoms with E-state index < -0.39 is 5.97 Å². The highest BCUT2D eigenvalue weighted by Crippen LogP contribution is 2.34. The van der Waals surface area contributed by atoms with Gasteiger partial charge in [0.2, 0.25) is 0 Å². The predicted molar refractivity (Wildman–Crippen MR) is 74.3 cm³/mol. The fourth-order valence-electron chi connectivity index (χ4n) is 3.01. The number of Topliss-reactive ketones (excluding diaryl/α,β-unsaturated/α-hetero) is 1. The largest absolute Gasteiger partial charge is 0.477 e. The lowest BCUT2D eigenvalue weighted by Gasteiger charge is -2.22. The first-order valence-corrected chi connectivity index (χ1v) is 6.60. The minimum absolute atomic E-state index is 0.0290. The van der Waals surface area contributed by atoms with E-state index in [0.717, 1.165) is 11.3 Å². The van der Waals surface area contributed by atoms with E-state index in [0.29, 0.717) is 24.0 Å². The molecule has 0 fully saturated rings. The summed E-state index contributed by atoms with van der Waals surface area (Å²) >= 11 is 0. The Labute approximate surface area is 116 Å². The van der Waals surface area contributed by atoms with Crippen LogP contribution in [0.3, 0.4) is 0 Å². The van der Waals surface area contributed by atoms with Crippen LogP contribution >= 0.6 is 0 Å². The molecule has 1 aromatic carbocycles. The van der Waals surface area contributed by atoms with Crippen molar-refractivity contribution in [3.63, 3.8) is 0 Å². The molecule has 0 bridgehead atoms. The van der Waals surface area contributed by atoms with Crippen molar-refractivity contribution in [3.8, 4) is 0 Å². The van der Waals surface area contributed by atoms with Crippen LogP contribution in [0.2, 0.25) is 0 Å². The number of fused-ring (bicyclic) bond motifs is 1. The van der Waals surface area contributed by atoms with Crippen LogP contribution in [0, 0.1) is 6.92 Å². The van der Waals surface area contributed by atoms with Crippen molar-refractivity contribution in [2.24, 2.45) is 0 Å². The van der Waals surface area contributed by atoms with E-state index in [1.54, 1.807) is 6.92 Å². The number of hydrogen-bond donors (Lipinski definition) is 2. The van der Waals surface area contributed by atoms with Crippen LogP contribution in [-0.4, -0.2) is 21.8 Å². The topological polar surface area (TPSA) is 70.2 Å². The molecule has 20 heavy (non-hydrogen) atoms. The monoisotopic (exact) mass is 269 g/mol. The first kappa shape index (κ1) is 12.7. The molecule has 0 amide bonds. The zero-order valence-electron chi connectivity index (χ0n) is 11.1. The summed E-state index contributed by atoms with van der Waals surface area (Å²) in [6, 6.07) is 9.88. The number of carbonyl (C=O) groups excluding carboxylic acids is 1. The van der Waals surface area contributed by atoms with Crippen LogP contribution in [0.15, 0.2) is 30.3 Å². The van der Waals surface area contributed by atoms with Gasteiger partial charge in [-0.25, -0.2) is 4.79 Å². The summed E-state index contributed by atoms with van der Waals surface area (Å²) in [5.41, 5.74) is 3.15. The lowest BCUT2D eigenvalue weighted by atomic mass is 9.81. The lowest BCUT2D eigenvalue weighted by molar-refractivity contribution is 0.0690. The molecule has 0 spiro atoms. The molecule has 1 heterocycles. The Kier molecular flexibility index (Phi) is 2.93. The van der Waals surface area contributed by atoms with Gasteiger partial charge < -0.3 is 10.1 Å². The molecule has 0 saturated carbocycles. The number of carbonyl (C=O) groups is 2. The number of aromatic nitrogens is 1. The molecule has 1 atom stereocenters. The quantitative estimate of drug-likeness (QED) is 0.880. The molecule has 0 radical (unpaired) electrons. The van der Waals surface area contributed by atoms with Crippen LogP contribution in [0.5, 0.6) is 0 Å². The number of aromatic carboxylic acids is 1. The minimum atomic E-state index is -1.01. The van der Waals surface area contributed by atoms with Gasteiger partial charge in [-0.15, -0.1) is 0 Å². The van der Waals surface area contributed by atoms with Gasteiger partial charge in [-0.05, 0) is 30.4 Å². The van der Waals surface area contributed by atoms with Crippen molar-refractivity contribution in [2.45, 2.75) is 25.7 Å². The van der Waals surface area contributed by atoms with Gasteiger partial charge >= 0.3 is 5.97 Å². The van der Waals surface area contributed by atoms with Crippen LogP contribution in [-0.2, 0) is 6.42 Å². The van der Waals surface area contributed by atoms with Crippen molar-refractivity contribution in [1.29, 1.82) is 0 Å². The molecule has 1 aliphatic carbocycles. The number of carboxylic acid groups (broad SMARTS) is 1. The summed E-state index contributed by atoms with van der Waals surface area (Å²) in [6.45, 7) is 1.69. The zero-order valence-corrected chi connectivity index (χ0v) is 11.1. The molecule has 2 aromatic rings. The maximum atomic E-state index is 12.3. The van der Waals surface area contributed by atoms with E-state index in [-0.39, 0.29) is 17.4 Å². The molecule has 4 nitrogen and oxygen atoms in total. The highest BCUT2D eigenvalue weighted by atomic mass is 16.4. The van der Waals surface area contributed by atoms with Crippen LogP contribution in [0.25, 0.3) is 0 Å². The van der Waals surface area contributed by atoms with Crippen molar-refractivity contribution < 1.29 is 14.7 Å². The third kappa shape index (κ3) is 1.93. The molecule has 2 N–H and O–H groups in total. The number of ketones is 1. The number of H-pyrrole nitrogens is 1. The summed E-state index contributed by atoms with van der Waals surface area (Å²) in [6.07, 6.45) is 1.12. The Hall–Kier alpha value is -2.36. The summed E-state index contributed by atoms with van der Waals surface area (Å²) in [4.78, 5) is 26.4. The Morgan fingerprint density at radius 1 is 1.25 bits per heavy atom. The second-order valence-electron chi connectivity index (χ2n) is 5.22. The summed E-state index contributed by atoms with van der Waals surface area (Å²) < 4.78 is 0. The van der Waals surface area contributed by atoms with Gasteiger partial charge in [0.05, 0.1) is 0 Å². The number of aromatic amines is 1. The van der Waals surface area contributed by atoms with E-state index in [1.165, 1.54) is 0 Å². The molecule has 3 rings (SSSR count). The predicted octanol–water partition coefficient (Wildman–Crippen LogP) is 2.93. The molecule has 1 aliphatic rings. The van der Waals surface area contributed by atoms with Gasteiger partial charge in [-0.1, -0.05) is 30.3 Å². The number of carboxylic acids is 1. The third-order valence-corrected chi connectivity index (χ3v) is 3.97. The smallest absolute Gasteiger partial charge is 0.352 e. The third-order valence-electron chi connectivity index (χ3n) is 3.97. The molecule has 4 heteroatoms. The first-order chi connectivity index (χ1) is 9.58. The van der Waals surface area contributed by atoms with E-state index in [2.05, 4.69) is 4.98 Å². The van der Waals surface area contributed by atoms with Crippen LogP contribution < -0.4 is 0 Å². The van der Waals surface area contributed by atoms with Gasteiger partial charge in [0.25, 0.3) is 0 Å². The maximum absolute atomic E-state index is 12.3. The Morgan fingerprint density at radius 2 is 1.95 bits per heavy atom. The fourth-order valence-corrected chi connectivity index (χ4v) is 3.01. The van der Waals surface area contributed by atoms with Gasteiger partial charge in [0.15, 0.2) is 5.78 Å². The second-order valence-corrected chi connectivity index (χ2v) is 5.22. The molecular weight excluding hydrogens is 254 g/mol. The standard InChI is InChI=1S/C16H15NO3/c1-9-14-12(17-15(9)16(19)20)7-11(8-13(14)18)10-5-3-2-4-6-10/h2-6,11,17H,7-8H2,1H3,(H,19,20)/t11-/m1/s1. The molecule has 0 saturated heterocycles. The zero-order chi connectivity index (χ0) is 14.3. The number of nitrogens with one attached hydrogen (secondary N) is 1. The van der Waals surface area contributed by atoms with Gasteiger partial charge in [-0.3, -0.25) is 4.79 Å². The average Bonchev–Trinajstić information content (AvgIpc) is 2.77. The summed E-state index contributed by atoms with van der Waals surface area (Å²) in [5.74, 6) is -0.863. The normalized spacial score (nSPS) is 17.9. The van der Waals surface area contributed by atoms with Crippen molar-refractivity contribution in [1.82, 2.24) is 4.98 Å². The molecular formula is C16H15NO3. The van der Waals surface area contributed by atoms with Gasteiger partial charge in [0, 0.05) is 17.7 Å². The van der Waals surface area contributed by atoms with E-state index in [4.69, 9.17) is 5.11 Å². The van der Waals surface area contributed by atoms with Crippen molar-refractivity contribution in [2.75, 3.05) is 0 Å². The summed E-state index contributed by atoms with van der Waals surface area (Å²) in [7, 11) is 0. The number of rotatable bonds is 2. The van der Waals surface area contributed by atoms with Crippen LogP contribution in [0.4, 0.5) is 0 Å². The molecule has 102 valence electrons.